The maximum atomic E-state index is 9.91. The molecule has 3 nitrogen and oxygen atoms in total. The number of para-hydroxylation sites is 1. The third-order valence-corrected chi connectivity index (χ3v) is 2.88. The van der Waals surface area contributed by atoms with Crippen molar-refractivity contribution in [1.82, 2.24) is 0 Å². The van der Waals surface area contributed by atoms with Crippen LogP contribution in [0.2, 0.25) is 0 Å². The molecule has 2 unspecified atom stereocenters. The number of aliphatic hydroxyl groups excluding tert-OH is 1. The average Bonchev–Trinajstić information content (AvgIpc) is 2.47. The molecule has 0 radical (unpaired) electrons. The molecule has 0 bridgehead atoms. The maximum Gasteiger partial charge on any atom is 0.127 e. The third-order valence-electron chi connectivity index (χ3n) is 2.88. The largest absolute Gasteiger partial charge is 0.457 e. The Kier molecular flexibility index (Phi) is 4.17. The summed E-state index contributed by atoms with van der Waals surface area (Å²) in [7, 11) is 0. The van der Waals surface area contributed by atoms with Gasteiger partial charge in [-0.1, -0.05) is 30.3 Å². The lowest BCUT2D eigenvalue weighted by molar-refractivity contribution is 0.143. The molecule has 1 N–H and O–H groups in total. The first-order valence-corrected chi connectivity index (χ1v) is 6.11. The van der Waals surface area contributed by atoms with E-state index in [0.717, 1.165) is 11.3 Å². The van der Waals surface area contributed by atoms with Crippen molar-refractivity contribution in [2.75, 3.05) is 0 Å². The number of aliphatic hydroxyl groups is 1. The van der Waals surface area contributed by atoms with Gasteiger partial charge in [0.2, 0.25) is 0 Å². The molecule has 19 heavy (non-hydrogen) atoms. The van der Waals surface area contributed by atoms with Crippen molar-refractivity contribution in [2.24, 2.45) is 5.92 Å². The van der Waals surface area contributed by atoms with E-state index < -0.39 is 12.0 Å². The summed E-state index contributed by atoms with van der Waals surface area (Å²) in [5.41, 5.74) is 0.717. The summed E-state index contributed by atoms with van der Waals surface area (Å²) < 4.78 is 5.65. The van der Waals surface area contributed by atoms with E-state index in [1.54, 1.807) is 31.2 Å². The molecule has 0 aliphatic heterocycles. The van der Waals surface area contributed by atoms with Gasteiger partial charge in [-0.15, -0.1) is 0 Å². The van der Waals surface area contributed by atoms with Crippen LogP contribution < -0.4 is 4.74 Å². The minimum absolute atomic E-state index is 0.430. The molecule has 0 fully saturated rings. The SMILES string of the molecule is CC(C#N)C(O)c1ccc(Oc2ccccc2)cc1. The normalized spacial score (nSPS) is 13.3. The zero-order valence-electron chi connectivity index (χ0n) is 10.7. The predicted octanol–water partition coefficient (Wildman–Crippen LogP) is 3.67. The minimum atomic E-state index is -0.768. The number of ether oxygens (including phenoxy) is 1. The van der Waals surface area contributed by atoms with Crippen LogP contribution in [0.5, 0.6) is 11.5 Å². The summed E-state index contributed by atoms with van der Waals surface area (Å²) in [5, 5.41) is 18.7. The molecule has 0 aromatic heterocycles. The van der Waals surface area contributed by atoms with E-state index in [0.29, 0.717) is 5.75 Å². The number of hydrogen-bond donors (Lipinski definition) is 1. The minimum Gasteiger partial charge on any atom is -0.457 e. The van der Waals surface area contributed by atoms with Gasteiger partial charge in [0.15, 0.2) is 0 Å². The molecule has 2 atom stereocenters. The Hall–Kier alpha value is -2.31. The van der Waals surface area contributed by atoms with Crippen molar-refractivity contribution in [3.05, 3.63) is 60.2 Å². The summed E-state index contributed by atoms with van der Waals surface area (Å²) in [5.74, 6) is 1.04. The van der Waals surface area contributed by atoms with Gasteiger partial charge in [-0.3, -0.25) is 0 Å². The summed E-state index contributed by atoms with van der Waals surface area (Å²) in [6.45, 7) is 1.69. The van der Waals surface area contributed by atoms with Crippen LogP contribution in [-0.2, 0) is 0 Å². The van der Waals surface area contributed by atoms with Crippen molar-refractivity contribution in [1.29, 1.82) is 5.26 Å². The van der Waals surface area contributed by atoms with E-state index in [9.17, 15) is 5.11 Å². The van der Waals surface area contributed by atoms with Gasteiger partial charge in [0, 0.05) is 0 Å². The fourth-order valence-electron chi connectivity index (χ4n) is 1.72. The monoisotopic (exact) mass is 253 g/mol. The zero-order valence-corrected chi connectivity index (χ0v) is 10.7. The van der Waals surface area contributed by atoms with Crippen molar-refractivity contribution in [3.8, 4) is 17.6 Å². The Balaban J connectivity index is 2.09. The second-order valence-electron chi connectivity index (χ2n) is 4.35. The molecule has 0 aliphatic rings. The van der Waals surface area contributed by atoms with Crippen LogP contribution in [-0.4, -0.2) is 5.11 Å². The summed E-state index contributed by atoms with van der Waals surface area (Å²) in [4.78, 5) is 0. The predicted molar refractivity (Wildman–Crippen MR) is 72.7 cm³/mol. The highest BCUT2D eigenvalue weighted by Gasteiger charge is 2.15. The quantitative estimate of drug-likeness (QED) is 0.904. The van der Waals surface area contributed by atoms with Gasteiger partial charge in [-0.25, -0.2) is 0 Å². The molecule has 2 rings (SSSR count). The molecule has 0 aliphatic carbocycles. The molecule has 0 heterocycles. The molecule has 96 valence electrons. The highest BCUT2D eigenvalue weighted by Crippen LogP contribution is 2.26. The van der Waals surface area contributed by atoms with Crippen LogP contribution in [0.1, 0.15) is 18.6 Å². The van der Waals surface area contributed by atoms with Gasteiger partial charge in [0.05, 0.1) is 18.1 Å². The second-order valence-corrected chi connectivity index (χ2v) is 4.35. The molecular weight excluding hydrogens is 238 g/mol. The Morgan fingerprint density at radius 3 is 2.16 bits per heavy atom. The van der Waals surface area contributed by atoms with Crippen molar-refractivity contribution < 1.29 is 9.84 Å². The number of benzene rings is 2. The summed E-state index contributed by atoms with van der Waals surface area (Å²) in [6, 6.07) is 18.6. The first-order chi connectivity index (χ1) is 9.20. The number of nitrogens with zero attached hydrogens (tertiary/aromatic N) is 1. The first kappa shape index (κ1) is 13.1. The summed E-state index contributed by atoms with van der Waals surface area (Å²) >= 11 is 0. The van der Waals surface area contributed by atoms with Gasteiger partial charge in [0.1, 0.15) is 11.5 Å². The van der Waals surface area contributed by atoms with E-state index in [2.05, 4.69) is 0 Å². The number of rotatable bonds is 4. The third kappa shape index (κ3) is 3.34. The lowest BCUT2D eigenvalue weighted by atomic mass is 9.99. The Morgan fingerprint density at radius 1 is 1.00 bits per heavy atom. The summed E-state index contributed by atoms with van der Waals surface area (Å²) in [6.07, 6.45) is -0.768. The maximum absolute atomic E-state index is 9.91. The smallest absolute Gasteiger partial charge is 0.127 e. The van der Waals surface area contributed by atoms with E-state index >= 15 is 0 Å². The van der Waals surface area contributed by atoms with E-state index in [1.807, 2.05) is 36.4 Å². The molecule has 2 aromatic carbocycles. The van der Waals surface area contributed by atoms with Gasteiger partial charge in [0.25, 0.3) is 0 Å². The standard InChI is InChI=1S/C16H15NO2/c1-12(11-17)16(18)13-7-9-15(10-8-13)19-14-5-3-2-4-6-14/h2-10,12,16,18H,1H3. The fraction of sp³-hybridized carbons (Fsp3) is 0.188. The van der Waals surface area contributed by atoms with Crippen LogP contribution >= 0.6 is 0 Å². The molecule has 0 spiro atoms. The van der Waals surface area contributed by atoms with Gasteiger partial charge < -0.3 is 9.84 Å². The highest BCUT2D eigenvalue weighted by atomic mass is 16.5. The Morgan fingerprint density at radius 2 is 1.58 bits per heavy atom. The Labute approximate surface area is 112 Å². The van der Waals surface area contributed by atoms with Crippen LogP contribution in [0.25, 0.3) is 0 Å². The van der Waals surface area contributed by atoms with Crippen LogP contribution in [0, 0.1) is 17.2 Å². The second kappa shape index (κ2) is 6.03. The zero-order chi connectivity index (χ0) is 13.7. The van der Waals surface area contributed by atoms with Crippen molar-refractivity contribution in [2.45, 2.75) is 13.0 Å². The lowest BCUT2D eigenvalue weighted by Gasteiger charge is -2.13. The molecule has 3 heteroatoms. The molecule has 0 saturated carbocycles. The average molecular weight is 253 g/mol. The van der Waals surface area contributed by atoms with Crippen molar-refractivity contribution in [3.63, 3.8) is 0 Å². The topological polar surface area (TPSA) is 53.2 Å². The molecule has 2 aromatic rings. The van der Waals surface area contributed by atoms with Gasteiger partial charge >= 0.3 is 0 Å². The van der Waals surface area contributed by atoms with E-state index in [1.165, 1.54) is 0 Å². The lowest BCUT2D eigenvalue weighted by Crippen LogP contribution is -2.06. The first-order valence-electron chi connectivity index (χ1n) is 6.11. The molecule has 0 saturated heterocycles. The van der Waals surface area contributed by atoms with E-state index in [4.69, 9.17) is 10.00 Å². The Bertz CT molecular complexity index is 558. The van der Waals surface area contributed by atoms with Gasteiger partial charge in [-0.05, 0) is 36.8 Å². The van der Waals surface area contributed by atoms with E-state index in [-0.39, 0.29) is 0 Å². The number of nitriles is 1. The number of hydrogen-bond acceptors (Lipinski definition) is 3. The fourth-order valence-corrected chi connectivity index (χ4v) is 1.72. The van der Waals surface area contributed by atoms with Crippen LogP contribution in [0.4, 0.5) is 0 Å². The molecular formula is C16H15NO2. The van der Waals surface area contributed by atoms with Crippen LogP contribution in [0.3, 0.4) is 0 Å². The molecule has 0 amide bonds. The highest BCUT2D eigenvalue weighted by molar-refractivity contribution is 5.33. The van der Waals surface area contributed by atoms with Gasteiger partial charge in [-0.2, -0.15) is 5.26 Å². The van der Waals surface area contributed by atoms with Crippen LogP contribution in [0.15, 0.2) is 54.6 Å². The van der Waals surface area contributed by atoms with Crippen molar-refractivity contribution >= 4 is 0 Å².